The second-order valence-corrected chi connectivity index (χ2v) is 17.5. The van der Waals surface area contributed by atoms with E-state index in [1.54, 1.807) is 0 Å². The van der Waals surface area contributed by atoms with Gasteiger partial charge in [-0.2, -0.15) is 0 Å². The van der Waals surface area contributed by atoms with Gasteiger partial charge in [0.1, 0.15) is 0 Å². The summed E-state index contributed by atoms with van der Waals surface area (Å²) in [5, 5.41) is 14.2. The number of aryl methyl sites for hydroxylation is 4. The normalized spacial score (nSPS) is 12.1. The smallest absolute Gasteiger partial charge is 0.656 e. The molecule has 0 saturated carbocycles. The van der Waals surface area contributed by atoms with Crippen molar-refractivity contribution < 1.29 is 20.4 Å². The number of fused-ring (bicyclic) bond motifs is 24. The summed E-state index contributed by atoms with van der Waals surface area (Å²) in [6.07, 6.45) is 3.04. The molecule has 0 N–H and O–H groups in total. The Morgan fingerprint density at radius 2 is 0.508 bits per heavy atom. The van der Waals surface area contributed by atoms with Crippen molar-refractivity contribution in [2.24, 2.45) is 0 Å². The molecule has 2 aliphatic heterocycles. The van der Waals surface area contributed by atoms with Crippen molar-refractivity contribution in [1.82, 2.24) is 19.9 Å². The van der Waals surface area contributed by atoms with Crippen LogP contribution in [0.25, 0.3) is 132 Å². The largest absolute Gasteiger partial charge is 2.00 e. The number of nitrogens with zero attached hydrogens (tertiary/aromatic N) is 4. The molecule has 65 heavy (non-hydrogen) atoms. The SMILES string of the molecule is CCc1c2nc(c(CC)c3[n-]c(c(CC)c4nc(c(CC)c5[n-]c1c1cc6ccccc6cc51)-c1cc5ccccc5cc1-4)c1cc4ccccc4cc31)-c1cc3ccccc3cc1-2.[Pd+2]. The molecule has 5 heteroatoms. The summed E-state index contributed by atoms with van der Waals surface area (Å²) in [5.74, 6) is 0. The molecule has 0 fully saturated rings. The fourth-order valence-electron chi connectivity index (χ4n) is 11.1. The van der Waals surface area contributed by atoms with Gasteiger partial charge in [0.05, 0.1) is 22.8 Å². The Balaban J connectivity index is 0.00000444. The zero-order chi connectivity index (χ0) is 42.8. The standard InChI is InChI=1S/C60H44N4.Pd/c1-5-41-53-45-25-33-17-9-11-19-35(33)27-47(45)55(61-53)42(6-2)57-49-29-37-21-13-15-23-39(37)31-51(49)59(63-57)44(8-4)60-52-32-40-24-16-14-22-38(40)30-50(52)58(64-60)43(7-3)56-48-28-36-20-12-10-18-34(36)26-46(48)54(41)62-56;/h9-32H,5-8H2,1-4H3;/q-2;+2. The molecule has 314 valence electrons. The average molecular weight is 927 g/mol. The Labute approximate surface area is 391 Å². The molecule has 0 saturated heterocycles. The van der Waals surface area contributed by atoms with E-state index in [0.717, 1.165) is 137 Å². The molecule has 2 aliphatic rings. The fraction of sp³-hybridized carbons (Fsp3) is 0.133. The van der Waals surface area contributed by atoms with Gasteiger partial charge in [0.25, 0.3) is 0 Å². The first-order chi connectivity index (χ1) is 31.5. The summed E-state index contributed by atoms with van der Waals surface area (Å²) < 4.78 is 0. The first-order valence-corrected chi connectivity index (χ1v) is 23.0. The van der Waals surface area contributed by atoms with E-state index in [1.165, 1.54) is 43.1 Å². The quantitative estimate of drug-likeness (QED) is 0.165. The summed E-state index contributed by atoms with van der Waals surface area (Å²) in [4.78, 5) is 23.4. The molecule has 8 aromatic carbocycles. The van der Waals surface area contributed by atoms with E-state index in [9.17, 15) is 0 Å². The Bertz CT molecular complexity index is 3510. The molecule has 0 spiro atoms. The van der Waals surface area contributed by atoms with Gasteiger partial charge in [-0.25, -0.2) is 9.97 Å². The van der Waals surface area contributed by atoms with Crippen LogP contribution in [0.3, 0.4) is 0 Å². The van der Waals surface area contributed by atoms with Crippen LogP contribution in [0.2, 0.25) is 0 Å². The second-order valence-electron chi connectivity index (χ2n) is 17.5. The van der Waals surface area contributed by atoms with Crippen LogP contribution in [0.1, 0.15) is 49.9 Å². The first-order valence-electron chi connectivity index (χ1n) is 23.0. The maximum Gasteiger partial charge on any atom is 2.00 e. The number of hydrogen-bond acceptors (Lipinski definition) is 2. The Morgan fingerprint density at radius 3 is 0.708 bits per heavy atom. The minimum absolute atomic E-state index is 0. The van der Waals surface area contributed by atoms with Crippen molar-refractivity contribution in [3.05, 3.63) is 168 Å². The molecule has 8 bridgehead atoms. The molecule has 11 aromatic rings. The van der Waals surface area contributed by atoms with Gasteiger partial charge in [0.15, 0.2) is 0 Å². The summed E-state index contributed by atoms with van der Waals surface area (Å²) in [6.45, 7) is 9.06. The van der Waals surface area contributed by atoms with Gasteiger partial charge in [0, 0.05) is 22.3 Å². The molecule has 0 aliphatic carbocycles. The number of rotatable bonds is 4. The van der Waals surface area contributed by atoms with E-state index < -0.39 is 0 Å². The predicted molar refractivity (Wildman–Crippen MR) is 270 cm³/mol. The summed E-state index contributed by atoms with van der Waals surface area (Å²) in [7, 11) is 0. The van der Waals surface area contributed by atoms with Crippen molar-refractivity contribution in [2.75, 3.05) is 0 Å². The van der Waals surface area contributed by atoms with Crippen LogP contribution in [-0.2, 0) is 46.1 Å². The molecular formula is C60H44N4Pd. The molecule has 4 nitrogen and oxygen atoms in total. The zero-order valence-corrected chi connectivity index (χ0v) is 38.3. The van der Waals surface area contributed by atoms with E-state index in [-0.39, 0.29) is 20.4 Å². The van der Waals surface area contributed by atoms with Crippen LogP contribution < -0.4 is 9.97 Å². The van der Waals surface area contributed by atoms with E-state index in [2.05, 4.69) is 173 Å². The maximum absolute atomic E-state index is 5.84. The van der Waals surface area contributed by atoms with Crippen LogP contribution in [0.15, 0.2) is 146 Å². The van der Waals surface area contributed by atoms with Crippen LogP contribution >= 0.6 is 0 Å². The Morgan fingerprint density at radius 1 is 0.308 bits per heavy atom. The topological polar surface area (TPSA) is 54.0 Å². The average Bonchev–Trinajstić information content (AvgIpc) is 4.09. The third kappa shape index (κ3) is 5.79. The van der Waals surface area contributed by atoms with Gasteiger partial charge in [-0.1, -0.05) is 125 Å². The predicted octanol–water partition coefficient (Wildman–Crippen LogP) is 15.4. The van der Waals surface area contributed by atoms with Crippen molar-refractivity contribution >= 4 is 86.7 Å². The molecule has 0 radical (unpaired) electrons. The van der Waals surface area contributed by atoms with Crippen molar-refractivity contribution in [3.8, 4) is 45.0 Å². The molecule has 3 aromatic heterocycles. The van der Waals surface area contributed by atoms with Gasteiger partial charge in [0.2, 0.25) is 0 Å². The Kier molecular flexibility index (Phi) is 9.22. The first kappa shape index (κ1) is 39.7. The van der Waals surface area contributed by atoms with Crippen LogP contribution in [0.4, 0.5) is 0 Å². The minimum atomic E-state index is 0. The number of aromatic nitrogens is 4. The number of hydrogen-bond donors (Lipinski definition) is 0. The van der Waals surface area contributed by atoms with Gasteiger partial charge in [-0.3, -0.25) is 0 Å². The van der Waals surface area contributed by atoms with E-state index in [0.29, 0.717) is 0 Å². The van der Waals surface area contributed by atoms with Crippen molar-refractivity contribution in [1.29, 1.82) is 0 Å². The fourth-order valence-corrected chi connectivity index (χ4v) is 11.1. The van der Waals surface area contributed by atoms with Crippen molar-refractivity contribution in [2.45, 2.75) is 53.4 Å². The number of benzene rings is 8. The molecule has 0 amide bonds. The van der Waals surface area contributed by atoms with Gasteiger partial charge in [-0.15, -0.1) is 22.1 Å². The zero-order valence-electron chi connectivity index (χ0n) is 36.8. The second kappa shape index (κ2) is 15.1. The van der Waals surface area contributed by atoms with E-state index >= 15 is 0 Å². The summed E-state index contributed by atoms with van der Waals surface area (Å²) in [5.41, 5.74) is 17.2. The molecular weight excluding hydrogens is 883 g/mol. The summed E-state index contributed by atoms with van der Waals surface area (Å²) >= 11 is 0. The molecule has 5 heterocycles. The van der Waals surface area contributed by atoms with Crippen LogP contribution in [0, 0.1) is 0 Å². The third-order valence-corrected chi connectivity index (χ3v) is 14.2. The Hall–Kier alpha value is -6.90. The van der Waals surface area contributed by atoms with Gasteiger partial charge in [-0.05, 0) is 161 Å². The monoisotopic (exact) mass is 926 g/mol. The molecule has 0 unspecified atom stereocenters. The minimum Gasteiger partial charge on any atom is -0.656 e. The van der Waals surface area contributed by atoms with E-state index in [4.69, 9.17) is 19.9 Å². The van der Waals surface area contributed by atoms with Crippen LogP contribution in [0.5, 0.6) is 0 Å². The van der Waals surface area contributed by atoms with Crippen molar-refractivity contribution in [3.63, 3.8) is 0 Å². The summed E-state index contributed by atoms with van der Waals surface area (Å²) in [6, 6.07) is 53.8. The van der Waals surface area contributed by atoms with Gasteiger partial charge >= 0.3 is 20.4 Å². The van der Waals surface area contributed by atoms with E-state index in [1.807, 2.05) is 0 Å². The van der Waals surface area contributed by atoms with Gasteiger partial charge < -0.3 is 9.97 Å². The molecule has 0 atom stereocenters. The third-order valence-electron chi connectivity index (χ3n) is 14.2. The maximum atomic E-state index is 5.84. The van der Waals surface area contributed by atoms with Crippen LogP contribution in [-0.4, -0.2) is 9.97 Å². The molecule has 13 rings (SSSR count).